The number of ether oxygens (including phenoxy) is 1. The minimum Gasteiger partial charge on any atom is -0.496 e. The minimum atomic E-state index is -4.00. The number of rotatable bonds is 6. The van der Waals surface area contributed by atoms with E-state index in [1.807, 2.05) is 36.4 Å². The van der Waals surface area contributed by atoms with E-state index in [4.69, 9.17) is 4.74 Å². The Bertz CT molecular complexity index is 1070. The number of anilines is 1. The van der Waals surface area contributed by atoms with Gasteiger partial charge in [-0.15, -0.1) is 0 Å². The highest BCUT2D eigenvalue weighted by atomic mass is 32.2. The molecule has 6 nitrogen and oxygen atoms in total. The van der Waals surface area contributed by atoms with Gasteiger partial charge in [0.05, 0.1) is 18.2 Å². The average molecular weight is 429 g/mol. The van der Waals surface area contributed by atoms with Crippen LogP contribution in [0, 0.1) is 0 Å². The lowest BCUT2D eigenvalue weighted by atomic mass is 9.90. The molecule has 30 heavy (non-hydrogen) atoms. The van der Waals surface area contributed by atoms with Crippen LogP contribution in [0.25, 0.3) is 0 Å². The largest absolute Gasteiger partial charge is 0.496 e. The molecule has 0 atom stereocenters. The number of para-hydroxylation sites is 1. The number of hydrogen-bond acceptors (Lipinski definition) is 4. The van der Waals surface area contributed by atoms with Crippen LogP contribution < -0.4 is 13.8 Å². The number of carbonyl (C=O) groups excluding carboxylic acids is 1. The van der Waals surface area contributed by atoms with Crippen molar-refractivity contribution in [3.05, 3.63) is 59.2 Å². The van der Waals surface area contributed by atoms with Crippen LogP contribution >= 0.6 is 0 Å². The molecule has 1 saturated carbocycles. The second kappa shape index (κ2) is 7.61. The summed E-state index contributed by atoms with van der Waals surface area (Å²) in [6.07, 6.45) is 2.76. The number of benzene rings is 2. The smallest absolute Gasteiger partial charge is 0.326 e. The maximum atomic E-state index is 13.3. The molecule has 0 radical (unpaired) electrons. The van der Waals surface area contributed by atoms with Gasteiger partial charge in [0.15, 0.2) is 0 Å². The fourth-order valence-electron chi connectivity index (χ4n) is 4.22. The van der Waals surface area contributed by atoms with E-state index in [2.05, 4.69) is 18.6 Å². The molecule has 160 valence electrons. The van der Waals surface area contributed by atoms with Crippen molar-refractivity contribution in [3.8, 4) is 5.75 Å². The zero-order valence-corrected chi connectivity index (χ0v) is 18.5. The summed E-state index contributed by atoms with van der Waals surface area (Å²) < 4.78 is 35.5. The van der Waals surface area contributed by atoms with Crippen LogP contribution in [0.4, 0.5) is 5.69 Å². The van der Waals surface area contributed by atoms with Crippen molar-refractivity contribution in [2.75, 3.05) is 18.0 Å². The zero-order chi connectivity index (χ0) is 21.5. The van der Waals surface area contributed by atoms with Crippen LogP contribution in [-0.4, -0.2) is 28.0 Å². The Labute approximate surface area is 178 Å². The summed E-state index contributed by atoms with van der Waals surface area (Å²) >= 11 is 0. The van der Waals surface area contributed by atoms with Crippen LogP contribution in [0.5, 0.6) is 5.75 Å². The van der Waals surface area contributed by atoms with Crippen molar-refractivity contribution in [2.45, 2.75) is 50.9 Å². The molecule has 0 aromatic heterocycles. The molecule has 1 aliphatic heterocycles. The predicted octanol–water partition coefficient (Wildman–Crippen LogP) is 3.66. The summed E-state index contributed by atoms with van der Waals surface area (Å²) in [4.78, 5) is 13.3. The van der Waals surface area contributed by atoms with E-state index in [9.17, 15) is 13.2 Å². The van der Waals surface area contributed by atoms with Gasteiger partial charge in [0, 0.05) is 12.1 Å². The Balaban J connectivity index is 1.64. The lowest BCUT2D eigenvalue weighted by molar-refractivity contribution is -0.121. The summed E-state index contributed by atoms with van der Waals surface area (Å²) in [6, 6.07) is 13.3. The van der Waals surface area contributed by atoms with Gasteiger partial charge in [0.2, 0.25) is 5.91 Å². The number of aryl methyl sites for hydroxylation is 1. The molecule has 0 saturated heterocycles. The van der Waals surface area contributed by atoms with Gasteiger partial charge in [-0.2, -0.15) is 8.42 Å². The van der Waals surface area contributed by atoms with E-state index in [0.717, 1.165) is 29.5 Å². The number of nitrogens with zero attached hydrogens (tertiary/aromatic N) is 1. The Kier molecular flexibility index (Phi) is 5.26. The highest BCUT2D eigenvalue weighted by Gasteiger charge is 2.54. The first-order chi connectivity index (χ1) is 14.3. The van der Waals surface area contributed by atoms with E-state index in [-0.39, 0.29) is 0 Å². The molecule has 0 bridgehead atoms. The highest BCUT2D eigenvalue weighted by molar-refractivity contribution is 7.91. The fourth-order valence-corrected chi connectivity index (χ4v) is 5.57. The minimum absolute atomic E-state index is 0.294. The molecule has 1 fully saturated rings. The predicted molar refractivity (Wildman–Crippen MR) is 117 cm³/mol. The monoisotopic (exact) mass is 428 g/mol. The molecule has 1 aliphatic carbocycles. The molecule has 1 N–H and O–H groups in total. The van der Waals surface area contributed by atoms with E-state index in [1.54, 1.807) is 13.2 Å². The second-order valence-corrected chi connectivity index (χ2v) is 10.0. The first-order valence-corrected chi connectivity index (χ1v) is 11.8. The molecule has 2 aliphatic rings. The topological polar surface area (TPSA) is 75.7 Å². The van der Waals surface area contributed by atoms with Gasteiger partial charge in [-0.05, 0) is 54.9 Å². The number of methoxy groups -OCH3 is 1. The third kappa shape index (κ3) is 3.55. The van der Waals surface area contributed by atoms with Crippen molar-refractivity contribution in [2.24, 2.45) is 0 Å². The number of amides is 1. The van der Waals surface area contributed by atoms with E-state index >= 15 is 0 Å². The first-order valence-electron chi connectivity index (χ1n) is 10.4. The molecule has 1 heterocycles. The summed E-state index contributed by atoms with van der Waals surface area (Å²) in [7, 11) is -2.43. The van der Waals surface area contributed by atoms with Gasteiger partial charge in [-0.3, -0.25) is 9.10 Å². The van der Waals surface area contributed by atoms with Crippen LogP contribution in [0.1, 0.15) is 55.7 Å². The van der Waals surface area contributed by atoms with Crippen LogP contribution in [-0.2, 0) is 26.8 Å². The number of hydrogen-bond donors (Lipinski definition) is 1. The van der Waals surface area contributed by atoms with Crippen molar-refractivity contribution < 1.29 is 17.9 Å². The standard InChI is InChI=1S/C23H28N2O4S/c1-16(2)18-10-11-21(29-3)19(15-18)23(12-13-23)22(26)24-30(27,28)25-14-6-8-17-7-4-5-9-20(17)25/h4-5,7,9-11,15-16H,6,8,12-14H2,1-3H3,(H,24,26). The molecule has 2 aromatic carbocycles. The third-order valence-corrected chi connectivity index (χ3v) is 7.57. The number of carbonyl (C=O) groups is 1. The highest BCUT2D eigenvalue weighted by Crippen LogP contribution is 2.52. The van der Waals surface area contributed by atoms with Crippen LogP contribution in [0.2, 0.25) is 0 Å². The van der Waals surface area contributed by atoms with Crippen molar-refractivity contribution in [1.29, 1.82) is 0 Å². The normalized spacial score (nSPS) is 17.4. The first kappa shape index (κ1) is 20.7. The van der Waals surface area contributed by atoms with Crippen molar-refractivity contribution in [1.82, 2.24) is 4.72 Å². The Morgan fingerprint density at radius 3 is 2.57 bits per heavy atom. The summed E-state index contributed by atoms with van der Waals surface area (Å²) in [5.74, 6) is 0.430. The van der Waals surface area contributed by atoms with Gasteiger partial charge in [0.25, 0.3) is 0 Å². The number of nitrogens with one attached hydrogen (secondary N) is 1. The molecule has 4 rings (SSSR count). The fraction of sp³-hybridized carbons (Fsp3) is 0.435. The molecule has 0 unspecified atom stereocenters. The molecule has 1 amide bonds. The quantitative estimate of drug-likeness (QED) is 0.762. The summed E-state index contributed by atoms with van der Waals surface area (Å²) in [5, 5.41) is 0. The van der Waals surface area contributed by atoms with Crippen LogP contribution in [0.3, 0.4) is 0 Å². The Morgan fingerprint density at radius 2 is 1.90 bits per heavy atom. The van der Waals surface area contributed by atoms with Crippen molar-refractivity contribution >= 4 is 21.8 Å². The lowest BCUT2D eigenvalue weighted by Gasteiger charge is -2.31. The van der Waals surface area contributed by atoms with Crippen LogP contribution in [0.15, 0.2) is 42.5 Å². The Hall–Kier alpha value is -2.54. The van der Waals surface area contributed by atoms with Gasteiger partial charge in [-0.1, -0.05) is 44.2 Å². The second-order valence-electron chi connectivity index (χ2n) is 8.44. The maximum absolute atomic E-state index is 13.3. The Morgan fingerprint density at radius 1 is 1.17 bits per heavy atom. The van der Waals surface area contributed by atoms with Gasteiger partial charge in [-0.25, -0.2) is 4.72 Å². The molecule has 2 aromatic rings. The van der Waals surface area contributed by atoms with Gasteiger partial charge >= 0.3 is 10.2 Å². The van der Waals surface area contributed by atoms with E-state index in [1.165, 1.54) is 4.31 Å². The molecule has 0 spiro atoms. The van der Waals surface area contributed by atoms with Gasteiger partial charge in [0.1, 0.15) is 5.75 Å². The SMILES string of the molecule is COc1ccc(C(C)C)cc1C1(C(=O)NS(=O)(=O)N2CCCc3ccccc32)CC1. The molecular weight excluding hydrogens is 400 g/mol. The maximum Gasteiger partial charge on any atom is 0.326 e. The number of fused-ring (bicyclic) bond motifs is 1. The lowest BCUT2D eigenvalue weighted by Crippen LogP contribution is -2.48. The molecule has 7 heteroatoms. The van der Waals surface area contributed by atoms with E-state index < -0.39 is 21.5 Å². The zero-order valence-electron chi connectivity index (χ0n) is 17.6. The summed E-state index contributed by atoms with van der Waals surface area (Å²) in [6.45, 7) is 4.53. The average Bonchev–Trinajstić information content (AvgIpc) is 3.54. The van der Waals surface area contributed by atoms with Crippen molar-refractivity contribution in [3.63, 3.8) is 0 Å². The van der Waals surface area contributed by atoms with Gasteiger partial charge < -0.3 is 4.74 Å². The van der Waals surface area contributed by atoms with E-state index in [0.29, 0.717) is 36.7 Å². The summed E-state index contributed by atoms with van der Waals surface area (Å²) in [5.41, 5.74) is 2.63. The molecular formula is C23H28N2O4S. The third-order valence-electron chi connectivity index (χ3n) is 6.17.